The first-order chi connectivity index (χ1) is 10.5. The van der Waals surface area contributed by atoms with Gasteiger partial charge in [-0.05, 0) is 24.1 Å². The lowest BCUT2D eigenvalue weighted by Gasteiger charge is -2.18. The van der Waals surface area contributed by atoms with Gasteiger partial charge in [0.05, 0.1) is 7.11 Å². The number of phenols is 2. The Morgan fingerprint density at radius 3 is 2.27 bits per heavy atom. The minimum absolute atomic E-state index is 0.211. The van der Waals surface area contributed by atoms with Gasteiger partial charge in [0.1, 0.15) is 23.2 Å². The van der Waals surface area contributed by atoms with Gasteiger partial charge < -0.3 is 14.9 Å². The molecular formula is C17H16O5. The van der Waals surface area contributed by atoms with E-state index in [2.05, 4.69) is 4.74 Å². The van der Waals surface area contributed by atoms with Gasteiger partial charge in [-0.3, -0.25) is 9.59 Å². The molecule has 2 aromatic rings. The molecule has 0 aliphatic heterocycles. The van der Waals surface area contributed by atoms with Crippen molar-refractivity contribution >= 4 is 11.8 Å². The summed E-state index contributed by atoms with van der Waals surface area (Å²) in [6, 6.07) is 11.3. The van der Waals surface area contributed by atoms with Gasteiger partial charge in [-0.1, -0.05) is 30.3 Å². The summed E-state index contributed by atoms with van der Waals surface area (Å²) in [5.41, 5.74) is 1.16. The molecule has 22 heavy (non-hydrogen) atoms. The van der Waals surface area contributed by atoms with Crippen LogP contribution in [0.4, 0.5) is 0 Å². The number of rotatable bonds is 4. The van der Waals surface area contributed by atoms with Gasteiger partial charge in [-0.2, -0.15) is 0 Å². The third-order valence-electron chi connectivity index (χ3n) is 3.35. The Bertz CT molecular complexity index is 706. The lowest BCUT2D eigenvalue weighted by atomic mass is 9.87. The van der Waals surface area contributed by atoms with Gasteiger partial charge in [0.25, 0.3) is 0 Å². The fourth-order valence-corrected chi connectivity index (χ4v) is 2.41. The number of ether oxygens (including phenoxy) is 1. The van der Waals surface area contributed by atoms with E-state index in [1.807, 2.05) is 6.07 Å². The lowest BCUT2D eigenvalue weighted by molar-refractivity contribution is -0.145. The molecule has 2 rings (SSSR count). The molecule has 0 fully saturated rings. The number of methoxy groups -OCH3 is 1. The maximum Gasteiger partial charge on any atom is 0.320 e. The van der Waals surface area contributed by atoms with E-state index in [1.54, 1.807) is 24.3 Å². The quantitative estimate of drug-likeness (QED) is 0.670. The maximum atomic E-state index is 12.0. The van der Waals surface area contributed by atoms with Gasteiger partial charge in [-0.25, -0.2) is 0 Å². The van der Waals surface area contributed by atoms with E-state index in [9.17, 15) is 19.8 Å². The molecule has 2 N–H and O–H groups in total. The van der Waals surface area contributed by atoms with E-state index in [1.165, 1.54) is 26.2 Å². The number of carbonyl (C=O) groups excluding carboxylic acids is 2. The number of ketones is 1. The highest BCUT2D eigenvalue weighted by Gasteiger charge is 2.30. The predicted molar refractivity (Wildman–Crippen MR) is 80.6 cm³/mol. The Morgan fingerprint density at radius 1 is 1.09 bits per heavy atom. The zero-order chi connectivity index (χ0) is 16.3. The first-order valence-corrected chi connectivity index (χ1v) is 6.65. The topological polar surface area (TPSA) is 83.8 Å². The Hall–Kier alpha value is -2.82. The van der Waals surface area contributed by atoms with Crippen LogP contribution in [-0.2, 0) is 14.3 Å². The molecule has 0 amide bonds. The van der Waals surface area contributed by atoms with Crippen LogP contribution in [0.15, 0.2) is 42.5 Å². The number of esters is 1. The fourth-order valence-electron chi connectivity index (χ4n) is 2.41. The van der Waals surface area contributed by atoms with Crippen molar-refractivity contribution in [3.05, 3.63) is 48.0 Å². The van der Waals surface area contributed by atoms with Crippen LogP contribution in [0.2, 0.25) is 0 Å². The number of Topliss-reactive ketones (excluding diaryl/α,β-unsaturated/α-hetero) is 1. The second-order valence-electron chi connectivity index (χ2n) is 4.86. The molecule has 0 aliphatic rings. The van der Waals surface area contributed by atoms with Crippen LogP contribution in [0.3, 0.4) is 0 Å². The molecule has 5 nitrogen and oxygen atoms in total. The summed E-state index contributed by atoms with van der Waals surface area (Å²) >= 11 is 0. The number of aromatic hydroxyl groups is 2. The third-order valence-corrected chi connectivity index (χ3v) is 3.35. The highest BCUT2D eigenvalue weighted by atomic mass is 16.5. The maximum absolute atomic E-state index is 12.0. The zero-order valence-electron chi connectivity index (χ0n) is 12.2. The van der Waals surface area contributed by atoms with Crippen LogP contribution >= 0.6 is 0 Å². The molecule has 0 aliphatic carbocycles. The summed E-state index contributed by atoms with van der Waals surface area (Å²) < 4.78 is 4.68. The average molecular weight is 300 g/mol. The second-order valence-corrected chi connectivity index (χ2v) is 4.86. The Kier molecular flexibility index (Phi) is 4.46. The normalized spacial score (nSPS) is 11.7. The third kappa shape index (κ3) is 2.93. The SMILES string of the molecule is COC(=O)C(C(C)=O)c1cc(O)cc(O)c1-c1ccccc1. The summed E-state index contributed by atoms with van der Waals surface area (Å²) in [7, 11) is 1.18. The van der Waals surface area contributed by atoms with E-state index >= 15 is 0 Å². The van der Waals surface area contributed by atoms with Crippen molar-refractivity contribution in [2.75, 3.05) is 7.11 Å². The Balaban J connectivity index is 2.74. The minimum atomic E-state index is -1.21. The van der Waals surface area contributed by atoms with Crippen molar-refractivity contribution in [2.45, 2.75) is 12.8 Å². The van der Waals surface area contributed by atoms with Crippen molar-refractivity contribution < 1.29 is 24.5 Å². The van der Waals surface area contributed by atoms with Crippen molar-refractivity contribution in [3.63, 3.8) is 0 Å². The van der Waals surface area contributed by atoms with Crippen LogP contribution in [0, 0.1) is 0 Å². The van der Waals surface area contributed by atoms with Crippen LogP contribution in [0.25, 0.3) is 11.1 Å². The van der Waals surface area contributed by atoms with E-state index in [0.717, 1.165) is 0 Å². The van der Waals surface area contributed by atoms with E-state index in [-0.39, 0.29) is 17.1 Å². The predicted octanol–water partition coefficient (Wildman–Crippen LogP) is 2.61. The zero-order valence-corrected chi connectivity index (χ0v) is 12.2. The number of hydrogen-bond donors (Lipinski definition) is 2. The molecule has 0 heterocycles. The summed E-state index contributed by atoms with van der Waals surface area (Å²) in [6.07, 6.45) is 0. The van der Waals surface area contributed by atoms with Gasteiger partial charge >= 0.3 is 5.97 Å². The van der Waals surface area contributed by atoms with Crippen LogP contribution in [-0.4, -0.2) is 29.1 Å². The van der Waals surface area contributed by atoms with Crippen molar-refractivity contribution in [1.29, 1.82) is 0 Å². The summed E-state index contributed by atoms with van der Waals surface area (Å²) in [4.78, 5) is 23.8. The molecule has 1 unspecified atom stereocenters. The second kappa shape index (κ2) is 6.30. The van der Waals surface area contributed by atoms with Gasteiger partial charge in [-0.15, -0.1) is 0 Å². The van der Waals surface area contributed by atoms with E-state index in [4.69, 9.17) is 0 Å². The molecule has 0 aromatic heterocycles. The monoisotopic (exact) mass is 300 g/mol. The molecule has 1 atom stereocenters. The van der Waals surface area contributed by atoms with Crippen LogP contribution in [0.5, 0.6) is 11.5 Å². The molecule has 0 saturated heterocycles. The molecule has 0 radical (unpaired) electrons. The largest absolute Gasteiger partial charge is 0.508 e. The van der Waals surface area contributed by atoms with Crippen molar-refractivity contribution in [3.8, 4) is 22.6 Å². The van der Waals surface area contributed by atoms with Crippen molar-refractivity contribution in [1.82, 2.24) is 0 Å². The number of phenolic OH excluding ortho intramolecular Hbond substituents is 2. The molecule has 0 bridgehead atoms. The highest BCUT2D eigenvalue weighted by molar-refractivity contribution is 6.05. The fraction of sp³-hybridized carbons (Fsp3) is 0.176. The minimum Gasteiger partial charge on any atom is -0.508 e. The van der Waals surface area contributed by atoms with Gasteiger partial charge in [0.2, 0.25) is 0 Å². The van der Waals surface area contributed by atoms with Gasteiger partial charge in [0, 0.05) is 11.6 Å². The molecule has 0 saturated carbocycles. The summed E-state index contributed by atoms with van der Waals surface area (Å²) in [6.45, 7) is 1.26. The first-order valence-electron chi connectivity index (χ1n) is 6.65. The summed E-state index contributed by atoms with van der Waals surface area (Å²) in [5.74, 6) is -2.83. The van der Waals surface area contributed by atoms with Gasteiger partial charge in [0.15, 0.2) is 0 Å². The number of carbonyl (C=O) groups is 2. The molecular weight excluding hydrogens is 284 g/mol. The number of benzene rings is 2. The van der Waals surface area contributed by atoms with Crippen molar-refractivity contribution in [2.24, 2.45) is 0 Å². The molecule has 2 aromatic carbocycles. The highest BCUT2D eigenvalue weighted by Crippen LogP contribution is 2.40. The number of hydrogen-bond acceptors (Lipinski definition) is 5. The van der Waals surface area contributed by atoms with Crippen LogP contribution < -0.4 is 0 Å². The van der Waals surface area contributed by atoms with E-state index in [0.29, 0.717) is 11.1 Å². The standard InChI is InChI=1S/C17H16O5/c1-10(18)15(17(21)22-2)13-8-12(19)9-14(20)16(13)11-6-4-3-5-7-11/h3-9,15,19-20H,1-2H3. The van der Waals surface area contributed by atoms with Crippen LogP contribution in [0.1, 0.15) is 18.4 Å². The summed E-state index contributed by atoms with van der Waals surface area (Å²) in [5, 5.41) is 19.9. The Labute approximate surface area is 127 Å². The Morgan fingerprint density at radius 2 is 1.73 bits per heavy atom. The smallest absolute Gasteiger partial charge is 0.320 e. The first kappa shape index (κ1) is 15.6. The molecule has 5 heteroatoms. The molecule has 114 valence electrons. The van der Waals surface area contributed by atoms with E-state index < -0.39 is 17.7 Å². The average Bonchev–Trinajstić information content (AvgIpc) is 2.47. The lowest BCUT2D eigenvalue weighted by Crippen LogP contribution is -2.21. The molecule has 0 spiro atoms.